The molecule has 0 aliphatic heterocycles. The van der Waals surface area contributed by atoms with E-state index in [-0.39, 0.29) is 5.91 Å². The molecule has 1 amide bonds. The third-order valence-electron chi connectivity index (χ3n) is 3.57. The molecule has 0 saturated carbocycles. The number of para-hydroxylation sites is 2. The second-order valence-corrected chi connectivity index (χ2v) is 5.53. The Hall–Kier alpha value is -3.27. The second-order valence-electron chi connectivity index (χ2n) is 5.53. The summed E-state index contributed by atoms with van der Waals surface area (Å²) >= 11 is 0. The lowest BCUT2D eigenvalue weighted by Crippen LogP contribution is -2.16. The summed E-state index contributed by atoms with van der Waals surface area (Å²) in [6.07, 6.45) is 0.400. The Kier molecular flexibility index (Phi) is 5.67. The maximum absolute atomic E-state index is 12.0. The van der Waals surface area contributed by atoms with Gasteiger partial charge in [0.2, 0.25) is 5.91 Å². The first kappa shape index (κ1) is 16.6. The van der Waals surface area contributed by atoms with Crippen LogP contribution in [0.15, 0.2) is 84.9 Å². The molecule has 0 aromatic heterocycles. The molecule has 126 valence electrons. The molecule has 0 bridgehead atoms. The highest BCUT2D eigenvalue weighted by Gasteiger charge is 2.03. The first-order chi connectivity index (χ1) is 12.3. The standard InChI is InChI=1S/C21H20N2O2/c24-21(15-16-22-17-7-3-1-4-8-17)23-18-11-13-20(14-12-18)25-19-9-5-2-6-10-19/h1-14,22H,15-16H2,(H,23,24). The number of ether oxygens (including phenoxy) is 1. The van der Waals surface area contributed by atoms with Gasteiger partial charge in [0.15, 0.2) is 0 Å². The van der Waals surface area contributed by atoms with Crippen molar-refractivity contribution in [2.24, 2.45) is 0 Å². The molecule has 4 nitrogen and oxygen atoms in total. The van der Waals surface area contributed by atoms with Gasteiger partial charge in [-0.3, -0.25) is 4.79 Å². The van der Waals surface area contributed by atoms with E-state index in [1.165, 1.54) is 0 Å². The zero-order valence-electron chi connectivity index (χ0n) is 13.8. The fourth-order valence-electron chi connectivity index (χ4n) is 2.33. The molecule has 4 heteroatoms. The third kappa shape index (κ3) is 5.39. The molecular formula is C21H20N2O2. The number of rotatable bonds is 7. The molecule has 2 N–H and O–H groups in total. The fourth-order valence-corrected chi connectivity index (χ4v) is 2.33. The number of carbonyl (C=O) groups excluding carboxylic acids is 1. The molecule has 0 aliphatic rings. The normalized spacial score (nSPS) is 10.1. The van der Waals surface area contributed by atoms with Crippen molar-refractivity contribution in [3.05, 3.63) is 84.9 Å². The summed E-state index contributed by atoms with van der Waals surface area (Å²) in [5, 5.41) is 6.10. The van der Waals surface area contributed by atoms with E-state index in [9.17, 15) is 4.79 Å². The van der Waals surface area contributed by atoms with Crippen LogP contribution in [0.1, 0.15) is 6.42 Å². The van der Waals surface area contributed by atoms with Crippen LogP contribution in [0.4, 0.5) is 11.4 Å². The number of anilines is 2. The quantitative estimate of drug-likeness (QED) is 0.646. The van der Waals surface area contributed by atoms with Crippen molar-refractivity contribution >= 4 is 17.3 Å². The number of carbonyl (C=O) groups is 1. The maximum atomic E-state index is 12.0. The Balaban J connectivity index is 1.45. The van der Waals surface area contributed by atoms with Gasteiger partial charge in [-0.05, 0) is 48.5 Å². The van der Waals surface area contributed by atoms with Crippen LogP contribution < -0.4 is 15.4 Å². The van der Waals surface area contributed by atoms with Crippen molar-refractivity contribution in [1.82, 2.24) is 0 Å². The molecular weight excluding hydrogens is 312 g/mol. The Morgan fingerprint density at radius 2 is 1.32 bits per heavy atom. The Bertz CT molecular complexity index is 787. The zero-order valence-corrected chi connectivity index (χ0v) is 13.8. The molecule has 0 radical (unpaired) electrons. The number of nitrogens with one attached hydrogen (secondary N) is 2. The molecule has 0 spiro atoms. The van der Waals surface area contributed by atoms with Gasteiger partial charge in [-0.2, -0.15) is 0 Å². The minimum atomic E-state index is -0.0276. The summed E-state index contributed by atoms with van der Waals surface area (Å²) in [4.78, 5) is 12.0. The molecule has 3 rings (SSSR count). The van der Waals surface area contributed by atoms with Gasteiger partial charge in [-0.25, -0.2) is 0 Å². The lowest BCUT2D eigenvalue weighted by molar-refractivity contribution is -0.115. The summed E-state index contributed by atoms with van der Waals surface area (Å²) < 4.78 is 5.73. The summed E-state index contributed by atoms with van der Waals surface area (Å²) in [5.41, 5.74) is 1.77. The van der Waals surface area contributed by atoms with Crippen molar-refractivity contribution in [2.75, 3.05) is 17.2 Å². The minimum Gasteiger partial charge on any atom is -0.457 e. The lowest BCUT2D eigenvalue weighted by Gasteiger charge is -2.09. The second kappa shape index (κ2) is 8.55. The van der Waals surface area contributed by atoms with E-state index < -0.39 is 0 Å². The highest BCUT2D eigenvalue weighted by molar-refractivity contribution is 5.91. The Labute approximate surface area is 147 Å². The largest absolute Gasteiger partial charge is 0.457 e. The Morgan fingerprint density at radius 3 is 2.00 bits per heavy atom. The van der Waals surface area contributed by atoms with E-state index in [4.69, 9.17) is 4.74 Å². The van der Waals surface area contributed by atoms with E-state index in [0.717, 1.165) is 22.9 Å². The predicted molar refractivity (Wildman–Crippen MR) is 101 cm³/mol. The van der Waals surface area contributed by atoms with Crippen molar-refractivity contribution in [3.63, 3.8) is 0 Å². The van der Waals surface area contributed by atoms with E-state index in [2.05, 4.69) is 10.6 Å². The molecule has 0 fully saturated rings. The van der Waals surface area contributed by atoms with E-state index in [1.807, 2.05) is 84.9 Å². The van der Waals surface area contributed by atoms with Crippen LogP contribution in [0.3, 0.4) is 0 Å². The topological polar surface area (TPSA) is 50.4 Å². The van der Waals surface area contributed by atoms with Crippen LogP contribution >= 0.6 is 0 Å². The number of benzene rings is 3. The molecule has 0 aliphatic carbocycles. The lowest BCUT2D eigenvalue weighted by atomic mass is 10.2. The van der Waals surface area contributed by atoms with Crippen molar-refractivity contribution < 1.29 is 9.53 Å². The fraction of sp³-hybridized carbons (Fsp3) is 0.0952. The maximum Gasteiger partial charge on any atom is 0.226 e. The SMILES string of the molecule is O=C(CCNc1ccccc1)Nc1ccc(Oc2ccccc2)cc1. The highest BCUT2D eigenvalue weighted by atomic mass is 16.5. The summed E-state index contributed by atoms with van der Waals surface area (Å²) in [6, 6.07) is 26.8. The highest BCUT2D eigenvalue weighted by Crippen LogP contribution is 2.22. The smallest absolute Gasteiger partial charge is 0.226 e. The molecule has 0 saturated heterocycles. The average molecular weight is 332 g/mol. The van der Waals surface area contributed by atoms with Gasteiger partial charge >= 0.3 is 0 Å². The van der Waals surface area contributed by atoms with Crippen LogP contribution in [0, 0.1) is 0 Å². The van der Waals surface area contributed by atoms with E-state index >= 15 is 0 Å². The monoisotopic (exact) mass is 332 g/mol. The molecule has 0 atom stereocenters. The van der Waals surface area contributed by atoms with Gasteiger partial charge in [-0.15, -0.1) is 0 Å². The van der Waals surface area contributed by atoms with Gasteiger partial charge in [0.1, 0.15) is 11.5 Å². The van der Waals surface area contributed by atoms with E-state index in [1.54, 1.807) is 0 Å². The number of amides is 1. The van der Waals surface area contributed by atoms with Crippen LogP contribution in [0.5, 0.6) is 11.5 Å². The van der Waals surface area contributed by atoms with Crippen LogP contribution in [-0.4, -0.2) is 12.5 Å². The average Bonchev–Trinajstić information content (AvgIpc) is 2.65. The molecule has 3 aromatic rings. The zero-order chi connectivity index (χ0) is 17.3. The van der Waals surface area contributed by atoms with E-state index in [0.29, 0.717) is 13.0 Å². The van der Waals surface area contributed by atoms with Crippen LogP contribution in [-0.2, 0) is 4.79 Å². The van der Waals surface area contributed by atoms with Gasteiger partial charge in [0.05, 0.1) is 0 Å². The van der Waals surface area contributed by atoms with Crippen LogP contribution in [0.2, 0.25) is 0 Å². The van der Waals surface area contributed by atoms with Crippen molar-refractivity contribution in [1.29, 1.82) is 0 Å². The van der Waals surface area contributed by atoms with Gasteiger partial charge in [0, 0.05) is 24.3 Å². The van der Waals surface area contributed by atoms with Crippen molar-refractivity contribution in [2.45, 2.75) is 6.42 Å². The summed E-state index contributed by atoms with van der Waals surface area (Å²) in [7, 11) is 0. The number of hydrogen-bond donors (Lipinski definition) is 2. The summed E-state index contributed by atoms with van der Waals surface area (Å²) in [6.45, 7) is 0.588. The first-order valence-electron chi connectivity index (χ1n) is 8.21. The first-order valence-corrected chi connectivity index (χ1v) is 8.21. The van der Waals surface area contributed by atoms with Gasteiger partial charge in [0.25, 0.3) is 0 Å². The predicted octanol–water partition coefficient (Wildman–Crippen LogP) is 4.92. The molecule has 3 aromatic carbocycles. The number of hydrogen-bond acceptors (Lipinski definition) is 3. The summed E-state index contributed by atoms with van der Waals surface area (Å²) in [5.74, 6) is 1.49. The molecule has 0 unspecified atom stereocenters. The van der Waals surface area contributed by atoms with Gasteiger partial charge in [-0.1, -0.05) is 36.4 Å². The molecule has 0 heterocycles. The minimum absolute atomic E-state index is 0.0276. The third-order valence-corrected chi connectivity index (χ3v) is 3.57. The van der Waals surface area contributed by atoms with Gasteiger partial charge < -0.3 is 15.4 Å². The van der Waals surface area contributed by atoms with Crippen LogP contribution in [0.25, 0.3) is 0 Å². The van der Waals surface area contributed by atoms with Crippen molar-refractivity contribution in [3.8, 4) is 11.5 Å². The Morgan fingerprint density at radius 1 is 0.720 bits per heavy atom. The molecule has 25 heavy (non-hydrogen) atoms.